The fourth-order valence-electron chi connectivity index (χ4n) is 0.808. The Bertz CT molecular complexity index is 225. The first-order chi connectivity index (χ1) is 5.33. The average Bonchev–Trinajstić information content (AvgIpc) is 2.01. The van der Waals surface area contributed by atoms with Crippen LogP contribution < -0.4 is 5.32 Å². The van der Waals surface area contributed by atoms with Gasteiger partial charge in [-0.1, -0.05) is 15.9 Å². The van der Waals surface area contributed by atoms with Gasteiger partial charge in [0.25, 0.3) is 0 Å². The van der Waals surface area contributed by atoms with Crippen molar-refractivity contribution in [2.45, 2.75) is 6.92 Å². The maximum absolute atomic E-state index is 4.15. The minimum Gasteiger partial charge on any atom is -0.369 e. The Morgan fingerprint density at radius 1 is 1.64 bits per heavy atom. The monoisotopic (exact) mass is 214 g/mol. The fourth-order valence-corrected chi connectivity index (χ4v) is 1.01. The van der Waals surface area contributed by atoms with Gasteiger partial charge in [0.05, 0.1) is 0 Å². The first-order valence-electron chi connectivity index (χ1n) is 3.55. The summed E-state index contributed by atoms with van der Waals surface area (Å²) in [4.78, 5) is 4.15. The van der Waals surface area contributed by atoms with E-state index in [1.54, 1.807) is 0 Å². The van der Waals surface area contributed by atoms with E-state index in [2.05, 4.69) is 33.2 Å². The largest absolute Gasteiger partial charge is 0.369 e. The van der Waals surface area contributed by atoms with Gasteiger partial charge in [-0.05, 0) is 24.6 Å². The second-order valence-electron chi connectivity index (χ2n) is 2.33. The Kier molecular flexibility index (Phi) is 3.36. The minimum atomic E-state index is 0.913. The van der Waals surface area contributed by atoms with E-state index in [0.29, 0.717) is 0 Å². The lowest BCUT2D eigenvalue weighted by Crippen LogP contribution is -2.03. The topological polar surface area (TPSA) is 24.9 Å². The first-order valence-corrected chi connectivity index (χ1v) is 4.67. The van der Waals surface area contributed by atoms with E-state index in [0.717, 1.165) is 17.7 Å². The number of halogens is 1. The molecule has 1 aromatic rings. The molecule has 0 aliphatic rings. The molecule has 1 aromatic heterocycles. The predicted octanol–water partition coefficient (Wildman–Crippen LogP) is 2.20. The van der Waals surface area contributed by atoms with Crippen LogP contribution in [0.1, 0.15) is 5.56 Å². The predicted molar refractivity (Wildman–Crippen MR) is 51.3 cm³/mol. The van der Waals surface area contributed by atoms with E-state index in [-0.39, 0.29) is 0 Å². The molecule has 1 N–H and O–H groups in total. The number of rotatable bonds is 3. The molecular formula is C8H11BrN2. The zero-order chi connectivity index (χ0) is 8.10. The van der Waals surface area contributed by atoms with Crippen LogP contribution in [-0.2, 0) is 0 Å². The summed E-state index contributed by atoms with van der Waals surface area (Å²) >= 11 is 3.34. The van der Waals surface area contributed by atoms with Crippen LogP contribution in [0.2, 0.25) is 0 Å². The molecule has 0 unspecified atom stereocenters. The lowest BCUT2D eigenvalue weighted by molar-refractivity contribution is 1.17. The maximum atomic E-state index is 4.15. The van der Waals surface area contributed by atoms with Gasteiger partial charge in [0.1, 0.15) is 5.82 Å². The number of alkyl halides is 1. The third kappa shape index (κ3) is 2.89. The third-order valence-corrected chi connectivity index (χ3v) is 1.71. The molecule has 0 bridgehead atoms. The van der Waals surface area contributed by atoms with Crippen LogP contribution in [-0.4, -0.2) is 16.9 Å². The van der Waals surface area contributed by atoms with Gasteiger partial charge < -0.3 is 5.32 Å². The van der Waals surface area contributed by atoms with Gasteiger partial charge in [-0.2, -0.15) is 0 Å². The minimum absolute atomic E-state index is 0.913. The highest BCUT2D eigenvalue weighted by Crippen LogP contribution is 2.04. The summed E-state index contributed by atoms with van der Waals surface area (Å²) < 4.78 is 0. The molecular weight excluding hydrogens is 204 g/mol. The van der Waals surface area contributed by atoms with Gasteiger partial charge in [-0.25, -0.2) is 4.98 Å². The molecule has 0 radical (unpaired) electrons. The van der Waals surface area contributed by atoms with Crippen LogP contribution in [0.4, 0.5) is 5.82 Å². The Balaban J connectivity index is 2.56. The normalized spacial score (nSPS) is 9.64. The zero-order valence-corrected chi connectivity index (χ0v) is 8.06. The van der Waals surface area contributed by atoms with Gasteiger partial charge in [-0.15, -0.1) is 0 Å². The Morgan fingerprint density at radius 3 is 3.09 bits per heavy atom. The summed E-state index contributed by atoms with van der Waals surface area (Å²) in [6, 6.07) is 4.02. The molecule has 0 saturated heterocycles. The second kappa shape index (κ2) is 4.34. The van der Waals surface area contributed by atoms with Gasteiger partial charge >= 0.3 is 0 Å². The Labute approximate surface area is 75.2 Å². The molecule has 0 atom stereocenters. The van der Waals surface area contributed by atoms with E-state index in [1.165, 1.54) is 5.56 Å². The van der Waals surface area contributed by atoms with Gasteiger partial charge in [0.2, 0.25) is 0 Å². The number of nitrogens with zero attached hydrogens (tertiary/aromatic N) is 1. The van der Waals surface area contributed by atoms with E-state index >= 15 is 0 Å². The van der Waals surface area contributed by atoms with Crippen LogP contribution in [0.3, 0.4) is 0 Å². The van der Waals surface area contributed by atoms with E-state index in [1.807, 2.05) is 18.3 Å². The van der Waals surface area contributed by atoms with Crippen LogP contribution in [0.5, 0.6) is 0 Å². The molecule has 60 valence electrons. The smallest absolute Gasteiger partial charge is 0.126 e. The number of nitrogens with one attached hydrogen (secondary N) is 1. The van der Waals surface area contributed by atoms with Gasteiger partial charge in [0, 0.05) is 18.1 Å². The van der Waals surface area contributed by atoms with Crippen molar-refractivity contribution < 1.29 is 0 Å². The SMILES string of the molecule is Cc1ccnc(NCCBr)c1. The van der Waals surface area contributed by atoms with E-state index in [4.69, 9.17) is 0 Å². The number of hydrogen-bond acceptors (Lipinski definition) is 2. The summed E-state index contributed by atoms with van der Waals surface area (Å²) in [5.74, 6) is 0.949. The molecule has 0 amide bonds. The molecule has 0 aliphatic carbocycles. The number of hydrogen-bond donors (Lipinski definition) is 1. The van der Waals surface area contributed by atoms with E-state index in [9.17, 15) is 0 Å². The molecule has 0 aromatic carbocycles. The van der Waals surface area contributed by atoms with Gasteiger partial charge in [0.15, 0.2) is 0 Å². The van der Waals surface area contributed by atoms with Crippen LogP contribution in [0, 0.1) is 6.92 Å². The highest BCUT2D eigenvalue weighted by Gasteiger charge is 1.90. The molecule has 11 heavy (non-hydrogen) atoms. The van der Waals surface area contributed by atoms with Gasteiger partial charge in [-0.3, -0.25) is 0 Å². The zero-order valence-electron chi connectivity index (χ0n) is 6.47. The second-order valence-corrected chi connectivity index (χ2v) is 3.13. The molecule has 1 rings (SSSR count). The summed E-state index contributed by atoms with van der Waals surface area (Å²) in [7, 11) is 0. The molecule has 2 nitrogen and oxygen atoms in total. The molecule has 3 heteroatoms. The fraction of sp³-hybridized carbons (Fsp3) is 0.375. The summed E-state index contributed by atoms with van der Waals surface area (Å²) in [5.41, 5.74) is 1.23. The molecule has 0 fully saturated rings. The van der Waals surface area contributed by atoms with E-state index < -0.39 is 0 Å². The van der Waals surface area contributed by atoms with Crippen molar-refractivity contribution in [3.05, 3.63) is 23.9 Å². The highest BCUT2D eigenvalue weighted by atomic mass is 79.9. The van der Waals surface area contributed by atoms with Crippen molar-refractivity contribution in [1.82, 2.24) is 4.98 Å². The van der Waals surface area contributed by atoms with Crippen LogP contribution >= 0.6 is 15.9 Å². The standard InChI is InChI=1S/C8H11BrN2/c1-7-2-4-10-8(6-7)11-5-3-9/h2,4,6H,3,5H2,1H3,(H,10,11). The third-order valence-electron chi connectivity index (χ3n) is 1.32. The lowest BCUT2D eigenvalue weighted by Gasteiger charge is -2.02. The van der Waals surface area contributed by atoms with Crippen molar-refractivity contribution >= 4 is 21.7 Å². The van der Waals surface area contributed by atoms with Crippen molar-refractivity contribution in [1.29, 1.82) is 0 Å². The highest BCUT2D eigenvalue weighted by molar-refractivity contribution is 9.09. The van der Waals surface area contributed by atoms with Crippen LogP contribution in [0.25, 0.3) is 0 Å². The van der Waals surface area contributed by atoms with Crippen molar-refractivity contribution in [3.8, 4) is 0 Å². The quantitative estimate of drug-likeness (QED) is 0.781. The molecule has 0 saturated carbocycles. The number of pyridine rings is 1. The number of anilines is 1. The lowest BCUT2D eigenvalue weighted by atomic mass is 10.3. The first kappa shape index (κ1) is 8.53. The summed E-state index contributed by atoms with van der Waals surface area (Å²) in [6.07, 6.45) is 1.81. The van der Waals surface area contributed by atoms with Crippen molar-refractivity contribution in [2.24, 2.45) is 0 Å². The van der Waals surface area contributed by atoms with Crippen molar-refractivity contribution in [3.63, 3.8) is 0 Å². The number of aromatic nitrogens is 1. The Morgan fingerprint density at radius 2 is 2.45 bits per heavy atom. The Hall–Kier alpha value is -0.570. The summed E-state index contributed by atoms with van der Waals surface area (Å²) in [6.45, 7) is 2.97. The van der Waals surface area contributed by atoms with Crippen LogP contribution in [0.15, 0.2) is 18.3 Å². The molecule has 0 aliphatic heterocycles. The maximum Gasteiger partial charge on any atom is 0.126 e. The molecule has 1 heterocycles. The van der Waals surface area contributed by atoms with Crippen molar-refractivity contribution in [2.75, 3.05) is 17.2 Å². The average molecular weight is 215 g/mol. The molecule has 0 spiro atoms. The summed E-state index contributed by atoms with van der Waals surface area (Å²) in [5, 5.41) is 4.12. The number of aryl methyl sites for hydroxylation is 1.